The average Bonchev–Trinajstić information content (AvgIpc) is 3.80. The maximum absolute atomic E-state index is 13.3. The first-order valence-corrected chi connectivity index (χ1v) is 19.0. The number of ether oxygens (including phenoxy) is 1. The first-order chi connectivity index (χ1) is 27.2. The maximum atomic E-state index is 13.3. The Bertz CT molecular complexity index is 2320. The van der Waals surface area contributed by atoms with E-state index in [1.807, 2.05) is 78.3 Å². The Kier molecular flexibility index (Phi) is 9.17. The van der Waals surface area contributed by atoms with Gasteiger partial charge in [0.2, 0.25) is 18.2 Å². The Morgan fingerprint density at radius 2 is 1.62 bits per heavy atom. The van der Waals surface area contributed by atoms with Crippen LogP contribution in [0.4, 0.5) is 11.5 Å². The van der Waals surface area contributed by atoms with Gasteiger partial charge < -0.3 is 15.4 Å². The van der Waals surface area contributed by atoms with E-state index in [9.17, 15) is 19.2 Å². The Hall–Kier alpha value is -6.19. The summed E-state index contributed by atoms with van der Waals surface area (Å²) >= 11 is 0. The SMILES string of the molecule is Cc1cc(N2CC(N3CC(N4CCC(n5nc(-c6ccc(Oc7ccccc7)cc6)c6c(N)ncnc65)C4)C3)C2)ccc1C(=O)N(C=O)C1CCC(=O)NC1=O. The van der Waals surface area contributed by atoms with Crippen LogP contribution in [0.2, 0.25) is 0 Å². The molecule has 0 saturated carbocycles. The third kappa shape index (κ3) is 6.51. The number of hydrogen-bond donors (Lipinski definition) is 2. The van der Waals surface area contributed by atoms with Gasteiger partial charge in [0.05, 0.1) is 11.4 Å². The zero-order chi connectivity index (χ0) is 38.5. The molecule has 0 radical (unpaired) electrons. The summed E-state index contributed by atoms with van der Waals surface area (Å²) in [5.41, 5.74) is 11.0. The summed E-state index contributed by atoms with van der Waals surface area (Å²) in [5.74, 6) is 0.342. The van der Waals surface area contributed by atoms with Crippen molar-refractivity contribution in [1.82, 2.24) is 39.8 Å². The molecule has 4 aliphatic heterocycles. The van der Waals surface area contributed by atoms with E-state index < -0.39 is 23.8 Å². The van der Waals surface area contributed by atoms with Gasteiger partial charge in [0, 0.05) is 74.6 Å². The number of benzene rings is 3. The van der Waals surface area contributed by atoms with E-state index in [0.29, 0.717) is 29.9 Å². The molecule has 15 nitrogen and oxygen atoms in total. The number of nitrogens with zero attached hydrogens (tertiary/aromatic N) is 8. The van der Waals surface area contributed by atoms with Crippen molar-refractivity contribution >= 4 is 46.7 Å². The summed E-state index contributed by atoms with van der Waals surface area (Å²) in [4.78, 5) is 66.3. The predicted octanol–water partition coefficient (Wildman–Crippen LogP) is 3.40. The first-order valence-electron chi connectivity index (χ1n) is 19.0. The molecule has 2 aromatic heterocycles. The van der Waals surface area contributed by atoms with E-state index in [4.69, 9.17) is 15.6 Å². The smallest absolute Gasteiger partial charge is 0.261 e. The largest absolute Gasteiger partial charge is 0.457 e. The number of carbonyl (C=O) groups is 4. The van der Waals surface area contributed by atoms with Crippen LogP contribution in [0.15, 0.2) is 79.1 Å². The normalized spacial score (nSPS) is 20.8. The van der Waals surface area contributed by atoms with Crippen LogP contribution in [0, 0.1) is 6.92 Å². The average molecular weight is 755 g/mol. The molecule has 0 aliphatic carbocycles. The molecule has 286 valence electrons. The van der Waals surface area contributed by atoms with Gasteiger partial charge in [-0.05, 0) is 79.9 Å². The van der Waals surface area contributed by atoms with Crippen molar-refractivity contribution in [2.75, 3.05) is 49.9 Å². The molecule has 4 amide bonds. The van der Waals surface area contributed by atoms with Crippen molar-refractivity contribution in [3.8, 4) is 22.8 Å². The fraction of sp³-hybridized carbons (Fsp3) is 0.341. The van der Waals surface area contributed by atoms with Gasteiger partial charge >= 0.3 is 0 Å². The molecule has 3 N–H and O–H groups in total. The van der Waals surface area contributed by atoms with Crippen LogP contribution in [-0.4, -0.2) is 116 Å². The number of carbonyl (C=O) groups excluding carboxylic acids is 4. The summed E-state index contributed by atoms with van der Waals surface area (Å²) in [5, 5.41) is 8.08. The molecule has 4 saturated heterocycles. The van der Waals surface area contributed by atoms with Gasteiger partial charge in [0.25, 0.3) is 5.91 Å². The fourth-order valence-electron chi connectivity index (χ4n) is 8.41. The molecule has 9 rings (SSSR count). The van der Waals surface area contributed by atoms with Gasteiger partial charge in [0.15, 0.2) is 5.65 Å². The quantitative estimate of drug-likeness (QED) is 0.158. The summed E-state index contributed by atoms with van der Waals surface area (Å²) in [6.45, 7) is 7.50. The number of likely N-dealkylation sites (tertiary alicyclic amines) is 2. The molecular weight excluding hydrogens is 713 g/mol. The van der Waals surface area contributed by atoms with E-state index in [-0.39, 0.29) is 18.9 Å². The third-order valence-electron chi connectivity index (χ3n) is 11.7. The highest BCUT2D eigenvalue weighted by Gasteiger charge is 2.43. The van der Waals surface area contributed by atoms with Crippen molar-refractivity contribution in [2.24, 2.45) is 0 Å². The number of anilines is 2. The number of nitrogens with one attached hydrogen (secondary N) is 1. The summed E-state index contributed by atoms with van der Waals surface area (Å²) in [7, 11) is 0. The number of para-hydroxylation sites is 1. The molecule has 2 atom stereocenters. The van der Waals surface area contributed by atoms with Crippen molar-refractivity contribution < 1.29 is 23.9 Å². The number of aryl methyl sites for hydroxylation is 1. The molecule has 5 aromatic rings. The number of fused-ring (bicyclic) bond motifs is 1. The molecule has 56 heavy (non-hydrogen) atoms. The lowest BCUT2D eigenvalue weighted by Gasteiger charge is -2.54. The number of amides is 4. The van der Waals surface area contributed by atoms with Crippen molar-refractivity contribution in [2.45, 2.75) is 50.4 Å². The standard InChI is InChI=1S/C41H42N10O5/c1-25-17-27(9-12-33(25)41(55)50(24-52)34-13-14-35(53)45-40(34)54)48-21-30(22-48)49-19-29(20-49)47-16-15-28(18-47)51-39-36(38(42)43-23-44-39)37(46-51)26-7-10-32(11-8-26)56-31-5-3-2-4-6-31/h2-12,17,23-24,28-30,34H,13-16,18-22H2,1H3,(H2,42,43,44)(H,45,53,54). The fourth-order valence-corrected chi connectivity index (χ4v) is 8.41. The van der Waals surface area contributed by atoms with E-state index >= 15 is 0 Å². The molecule has 4 fully saturated rings. The minimum Gasteiger partial charge on any atom is -0.457 e. The van der Waals surface area contributed by atoms with E-state index in [0.717, 1.165) is 95.6 Å². The number of nitrogens with two attached hydrogens (primary N) is 1. The van der Waals surface area contributed by atoms with Gasteiger partial charge in [-0.2, -0.15) is 5.10 Å². The molecule has 2 unspecified atom stereocenters. The van der Waals surface area contributed by atoms with Crippen LogP contribution >= 0.6 is 0 Å². The first kappa shape index (κ1) is 35.5. The molecule has 0 spiro atoms. The minimum atomic E-state index is -0.998. The van der Waals surface area contributed by atoms with E-state index in [2.05, 4.69) is 30.0 Å². The topological polar surface area (TPSA) is 172 Å². The molecule has 6 heterocycles. The number of imide groups is 2. The minimum absolute atomic E-state index is 0.0804. The van der Waals surface area contributed by atoms with Gasteiger partial charge in [-0.3, -0.25) is 39.2 Å². The van der Waals surface area contributed by atoms with Crippen LogP contribution in [0.1, 0.15) is 41.2 Å². The van der Waals surface area contributed by atoms with Gasteiger partial charge in [0.1, 0.15) is 35.4 Å². The van der Waals surface area contributed by atoms with Gasteiger partial charge in [-0.25, -0.2) is 14.6 Å². The number of piperidine rings is 1. The highest BCUT2D eigenvalue weighted by molar-refractivity contribution is 6.07. The van der Waals surface area contributed by atoms with Crippen LogP contribution in [-0.2, 0) is 14.4 Å². The van der Waals surface area contributed by atoms with Crippen LogP contribution in [0.3, 0.4) is 0 Å². The maximum Gasteiger partial charge on any atom is 0.261 e. The zero-order valence-electron chi connectivity index (χ0n) is 31.0. The summed E-state index contributed by atoms with van der Waals surface area (Å²) in [6, 6.07) is 23.2. The van der Waals surface area contributed by atoms with Gasteiger partial charge in [-0.15, -0.1) is 0 Å². The lowest BCUT2D eigenvalue weighted by molar-refractivity contribution is -0.139. The van der Waals surface area contributed by atoms with Crippen molar-refractivity contribution in [3.63, 3.8) is 0 Å². The second kappa shape index (κ2) is 14.5. The second-order valence-electron chi connectivity index (χ2n) is 15.1. The molecule has 15 heteroatoms. The zero-order valence-corrected chi connectivity index (χ0v) is 31.0. The lowest BCUT2D eigenvalue weighted by atomic mass is 9.97. The van der Waals surface area contributed by atoms with Gasteiger partial charge in [-0.1, -0.05) is 18.2 Å². The lowest BCUT2D eigenvalue weighted by Crippen LogP contribution is -2.69. The Balaban J connectivity index is 0.799. The van der Waals surface area contributed by atoms with E-state index in [1.54, 1.807) is 6.07 Å². The van der Waals surface area contributed by atoms with Crippen molar-refractivity contribution in [3.05, 3.63) is 90.3 Å². The highest BCUT2D eigenvalue weighted by atomic mass is 16.5. The Morgan fingerprint density at radius 1 is 0.893 bits per heavy atom. The van der Waals surface area contributed by atoms with Crippen LogP contribution < -0.4 is 20.7 Å². The molecule has 4 aliphatic rings. The molecule has 0 bridgehead atoms. The number of aromatic nitrogens is 4. The van der Waals surface area contributed by atoms with Crippen LogP contribution in [0.5, 0.6) is 11.5 Å². The van der Waals surface area contributed by atoms with Crippen molar-refractivity contribution in [1.29, 1.82) is 0 Å². The Labute approximate surface area is 323 Å². The van der Waals surface area contributed by atoms with Crippen LogP contribution in [0.25, 0.3) is 22.3 Å². The second-order valence-corrected chi connectivity index (χ2v) is 15.1. The third-order valence-corrected chi connectivity index (χ3v) is 11.7. The Morgan fingerprint density at radius 3 is 2.36 bits per heavy atom. The predicted molar refractivity (Wildman–Crippen MR) is 208 cm³/mol. The molecule has 3 aromatic carbocycles. The summed E-state index contributed by atoms with van der Waals surface area (Å²) < 4.78 is 8.04. The number of rotatable bonds is 10. The summed E-state index contributed by atoms with van der Waals surface area (Å²) in [6.07, 6.45) is 3.05. The molecular formula is C41H42N10O5. The monoisotopic (exact) mass is 754 g/mol. The number of hydrogen-bond acceptors (Lipinski definition) is 12. The van der Waals surface area contributed by atoms with E-state index in [1.165, 1.54) is 6.33 Å². The number of nitrogen functional groups attached to an aromatic ring is 1. The highest BCUT2D eigenvalue weighted by Crippen LogP contribution is 2.37.